The van der Waals surface area contributed by atoms with Gasteiger partial charge in [0, 0.05) is 32.0 Å². The van der Waals surface area contributed by atoms with Crippen molar-refractivity contribution in [3.8, 4) is 11.8 Å². The van der Waals surface area contributed by atoms with Gasteiger partial charge in [0.15, 0.2) is 0 Å². The van der Waals surface area contributed by atoms with Gasteiger partial charge in [0.1, 0.15) is 6.10 Å². The van der Waals surface area contributed by atoms with E-state index in [-0.39, 0.29) is 24.5 Å². The van der Waals surface area contributed by atoms with E-state index in [1.54, 1.807) is 17.0 Å². The first-order valence-corrected chi connectivity index (χ1v) is 6.65. The zero-order chi connectivity index (χ0) is 15.2. The number of hydrogen-bond acceptors (Lipinski definition) is 6. The van der Waals surface area contributed by atoms with E-state index in [1.807, 2.05) is 0 Å². The lowest BCUT2D eigenvalue weighted by molar-refractivity contribution is -0.131. The summed E-state index contributed by atoms with van der Waals surface area (Å²) in [5, 5.41) is 10.2. The van der Waals surface area contributed by atoms with Gasteiger partial charge in [-0.3, -0.25) is 9.59 Å². The highest BCUT2D eigenvalue weighted by molar-refractivity contribution is 5.83. The van der Waals surface area contributed by atoms with Crippen molar-refractivity contribution >= 4 is 11.8 Å². The molecule has 114 valence electrons. The molecule has 0 bridgehead atoms. The van der Waals surface area contributed by atoms with Crippen LogP contribution in [0, 0.1) is 0 Å². The molecule has 2 rings (SSSR count). The summed E-state index contributed by atoms with van der Waals surface area (Å²) in [6.45, 7) is 2.48. The fraction of sp³-hybridized carbons (Fsp3) is 0.538. The minimum absolute atomic E-state index is 0.0182. The molecule has 0 radical (unpaired) electrons. The summed E-state index contributed by atoms with van der Waals surface area (Å²) < 4.78 is 10.6. The second-order valence-electron chi connectivity index (χ2n) is 4.69. The summed E-state index contributed by atoms with van der Waals surface area (Å²) in [6.07, 6.45) is 0.605. The molecule has 1 fully saturated rings. The van der Waals surface area contributed by atoms with E-state index in [4.69, 9.17) is 9.47 Å². The highest BCUT2D eigenvalue weighted by Crippen LogP contribution is 2.17. The molecule has 1 aliphatic rings. The quantitative estimate of drug-likeness (QED) is 0.794. The largest absolute Gasteiger partial charge is 0.480 e. The third kappa shape index (κ3) is 4.30. The predicted octanol–water partition coefficient (Wildman–Crippen LogP) is -0.399. The molecule has 1 N–H and O–H groups in total. The number of nitrogens with zero attached hydrogens (tertiary/aromatic N) is 3. The Hall–Kier alpha value is -2.38. The summed E-state index contributed by atoms with van der Waals surface area (Å²) in [5.41, 5.74) is 0. The molecule has 8 nitrogen and oxygen atoms in total. The van der Waals surface area contributed by atoms with Gasteiger partial charge in [-0.1, -0.05) is 0 Å². The lowest BCUT2D eigenvalue weighted by atomic mass is 10.3. The number of likely N-dealkylation sites (tertiary alicyclic amines) is 1. The van der Waals surface area contributed by atoms with E-state index >= 15 is 0 Å². The van der Waals surface area contributed by atoms with Crippen LogP contribution in [0.1, 0.15) is 13.3 Å². The van der Waals surface area contributed by atoms with Crippen LogP contribution in [0.15, 0.2) is 12.1 Å². The van der Waals surface area contributed by atoms with Crippen LogP contribution >= 0.6 is 0 Å². The number of amides is 2. The molecule has 1 atom stereocenters. The van der Waals surface area contributed by atoms with Crippen molar-refractivity contribution in [3.05, 3.63) is 12.1 Å². The molecular weight excluding hydrogens is 276 g/mol. The highest BCUT2D eigenvalue weighted by Gasteiger charge is 2.27. The monoisotopic (exact) mass is 294 g/mol. The molecule has 1 unspecified atom stereocenters. The Balaban J connectivity index is 1.81. The molecule has 2 heterocycles. The van der Waals surface area contributed by atoms with Crippen LogP contribution in [0.5, 0.6) is 11.8 Å². The Morgan fingerprint density at radius 2 is 2.10 bits per heavy atom. The molecule has 0 spiro atoms. The van der Waals surface area contributed by atoms with Crippen LogP contribution in [0.3, 0.4) is 0 Å². The molecule has 0 aliphatic carbocycles. The topological polar surface area (TPSA) is 93.7 Å². The predicted molar refractivity (Wildman–Crippen MR) is 72.9 cm³/mol. The number of aromatic nitrogens is 2. The van der Waals surface area contributed by atoms with Crippen LogP contribution in [0.2, 0.25) is 0 Å². The standard InChI is InChI=1S/C13H18N4O4/c1-9(18)14-7-13(19)17-6-5-10(8-17)21-12-4-3-11(20-2)15-16-12/h3-4,10H,5-8H2,1-2H3,(H,14,18). The van der Waals surface area contributed by atoms with Gasteiger partial charge >= 0.3 is 0 Å². The maximum atomic E-state index is 11.8. The number of carbonyl (C=O) groups excluding carboxylic acids is 2. The lowest BCUT2D eigenvalue weighted by Crippen LogP contribution is -2.39. The molecule has 1 aromatic heterocycles. The molecular formula is C13H18N4O4. The number of carbonyl (C=O) groups is 2. The van der Waals surface area contributed by atoms with Gasteiger partial charge < -0.3 is 19.7 Å². The van der Waals surface area contributed by atoms with E-state index in [9.17, 15) is 9.59 Å². The summed E-state index contributed by atoms with van der Waals surface area (Å²) in [5.74, 6) is 0.485. The Morgan fingerprint density at radius 1 is 1.38 bits per heavy atom. The molecule has 0 aromatic carbocycles. The third-order valence-electron chi connectivity index (χ3n) is 3.10. The smallest absolute Gasteiger partial charge is 0.242 e. The molecule has 0 saturated carbocycles. The lowest BCUT2D eigenvalue weighted by Gasteiger charge is -2.16. The van der Waals surface area contributed by atoms with E-state index in [0.717, 1.165) is 6.42 Å². The second kappa shape index (κ2) is 6.87. The van der Waals surface area contributed by atoms with Crippen molar-refractivity contribution in [3.63, 3.8) is 0 Å². The number of hydrogen-bond donors (Lipinski definition) is 1. The number of ether oxygens (including phenoxy) is 2. The van der Waals surface area contributed by atoms with Crippen molar-refractivity contribution in [1.29, 1.82) is 0 Å². The Kier molecular flexibility index (Phi) is 4.91. The van der Waals surface area contributed by atoms with E-state index in [0.29, 0.717) is 24.8 Å². The zero-order valence-corrected chi connectivity index (χ0v) is 12.0. The summed E-state index contributed by atoms with van der Waals surface area (Å²) in [4.78, 5) is 24.3. The first-order valence-electron chi connectivity index (χ1n) is 6.65. The van der Waals surface area contributed by atoms with Crippen LogP contribution in [0.25, 0.3) is 0 Å². The van der Waals surface area contributed by atoms with E-state index < -0.39 is 0 Å². The molecule has 2 amide bonds. The van der Waals surface area contributed by atoms with Crippen molar-refractivity contribution in [1.82, 2.24) is 20.4 Å². The van der Waals surface area contributed by atoms with E-state index in [1.165, 1.54) is 14.0 Å². The molecule has 1 aromatic rings. The Bertz CT molecular complexity index is 505. The van der Waals surface area contributed by atoms with Crippen LogP contribution < -0.4 is 14.8 Å². The van der Waals surface area contributed by atoms with Gasteiger partial charge in [-0.15, -0.1) is 10.2 Å². The van der Waals surface area contributed by atoms with Gasteiger partial charge in [-0.2, -0.15) is 0 Å². The Morgan fingerprint density at radius 3 is 2.71 bits per heavy atom. The van der Waals surface area contributed by atoms with Crippen molar-refractivity contribution < 1.29 is 19.1 Å². The van der Waals surface area contributed by atoms with Crippen molar-refractivity contribution in [2.45, 2.75) is 19.4 Å². The first-order chi connectivity index (χ1) is 10.1. The van der Waals surface area contributed by atoms with Gasteiger partial charge in [0.05, 0.1) is 20.2 Å². The van der Waals surface area contributed by atoms with Gasteiger partial charge in [-0.05, 0) is 0 Å². The van der Waals surface area contributed by atoms with Crippen LogP contribution in [-0.2, 0) is 9.59 Å². The van der Waals surface area contributed by atoms with Crippen LogP contribution in [0.4, 0.5) is 0 Å². The second-order valence-corrected chi connectivity index (χ2v) is 4.69. The number of methoxy groups -OCH3 is 1. The van der Waals surface area contributed by atoms with Gasteiger partial charge in [-0.25, -0.2) is 0 Å². The number of rotatable bonds is 5. The summed E-state index contributed by atoms with van der Waals surface area (Å²) >= 11 is 0. The maximum absolute atomic E-state index is 11.8. The maximum Gasteiger partial charge on any atom is 0.242 e. The average Bonchev–Trinajstić information content (AvgIpc) is 2.94. The SMILES string of the molecule is COc1ccc(OC2CCN(C(=O)CNC(C)=O)C2)nn1. The van der Waals surface area contributed by atoms with Gasteiger partial charge in [0.2, 0.25) is 23.6 Å². The van der Waals surface area contributed by atoms with Crippen LogP contribution in [-0.4, -0.2) is 59.8 Å². The zero-order valence-electron chi connectivity index (χ0n) is 12.0. The minimum Gasteiger partial charge on any atom is -0.480 e. The fourth-order valence-electron chi connectivity index (χ4n) is 2.01. The fourth-order valence-corrected chi connectivity index (χ4v) is 2.01. The molecule has 21 heavy (non-hydrogen) atoms. The Labute approximate surface area is 122 Å². The van der Waals surface area contributed by atoms with Crippen molar-refractivity contribution in [2.75, 3.05) is 26.7 Å². The molecule has 1 aliphatic heterocycles. The minimum atomic E-state index is -0.219. The van der Waals surface area contributed by atoms with Gasteiger partial charge in [0.25, 0.3) is 0 Å². The van der Waals surface area contributed by atoms with Crippen molar-refractivity contribution in [2.24, 2.45) is 0 Å². The molecule has 8 heteroatoms. The highest BCUT2D eigenvalue weighted by atomic mass is 16.5. The average molecular weight is 294 g/mol. The summed E-state index contributed by atoms with van der Waals surface area (Å²) in [6, 6.07) is 3.34. The third-order valence-corrected chi connectivity index (χ3v) is 3.10. The molecule has 1 saturated heterocycles. The summed E-state index contributed by atoms with van der Waals surface area (Å²) in [7, 11) is 1.51. The normalized spacial score (nSPS) is 17.4. The van der Waals surface area contributed by atoms with E-state index in [2.05, 4.69) is 15.5 Å². The number of nitrogens with one attached hydrogen (secondary N) is 1. The first kappa shape index (κ1) is 15.0.